The Morgan fingerprint density at radius 2 is 1.88 bits per heavy atom. The highest BCUT2D eigenvalue weighted by Gasteiger charge is 2.26. The predicted octanol–water partition coefficient (Wildman–Crippen LogP) is 2.43. The second-order valence-corrected chi connectivity index (χ2v) is 8.06. The molecule has 26 heavy (non-hydrogen) atoms. The van der Waals surface area contributed by atoms with Crippen molar-refractivity contribution >= 4 is 5.91 Å². The molecule has 1 aromatic carbocycles. The number of nitrogens with zero attached hydrogens (tertiary/aromatic N) is 1. The summed E-state index contributed by atoms with van der Waals surface area (Å²) >= 11 is 0. The maximum absolute atomic E-state index is 12.5. The topological polar surface area (TPSA) is 67.6 Å². The second-order valence-electron chi connectivity index (χ2n) is 8.06. The number of carbonyl (C=O) groups excluding carboxylic acids is 1. The van der Waals surface area contributed by atoms with Crippen LogP contribution in [0.3, 0.4) is 0 Å². The second kappa shape index (κ2) is 8.98. The fourth-order valence-electron chi connectivity index (χ4n) is 4.33. The molecule has 2 aliphatic rings. The number of ether oxygens (including phenoxy) is 1. The Kier molecular flexibility index (Phi) is 6.68. The Bertz CT molecular complexity index is 597. The molecule has 0 radical (unpaired) electrons. The molecular formula is C21H33N3O2. The highest BCUT2D eigenvalue weighted by molar-refractivity contribution is 5.78. The van der Waals surface area contributed by atoms with Gasteiger partial charge in [0.25, 0.3) is 0 Å². The summed E-state index contributed by atoms with van der Waals surface area (Å²) in [6, 6.07) is 8.59. The molecule has 0 unspecified atom stereocenters. The molecule has 0 spiro atoms. The van der Waals surface area contributed by atoms with Crippen molar-refractivity contribution in [2.45, 2.75) is 70.9 Å². The van der Waals surface area contributed by atoms with E-state index in [2.05, 4.69) is 42.3 Å². The van der Waals surface area contributed by atoms with Gasteiger partial charge in [-0.05, 0) is 44.2 Å². The highest BCUT2D eigenvalue weighted by Crippen LogP contribution is 2.23. The lowest BCUT2D eigenvalue weighted by Gasteiger charge is -2.35. The van der Waals surface area contributed by atoms with Gasteiger partial charge in [-0.15, -0.1) is 0 Å². The minimum Gasteiger partial charge on any atom is -0.373 e. The van der Waals surface area contributed by atoms with Crippen molar-refractivity contribution in [3.8, 4) is 0 Å². The summed E-state index contributed by atoms with van der Waals surface area (Å²) in [7, 11) is 0. The van der Waals surface area contributed by atoms with E-state index in [1.807, 2.05) is 6.07 Å². The van der Waals surface area contributed by atoms with Crippen LogP contribution in [-0.2, 0) is 22.6 Å². The molecule has 144 valence electrons. The van der Waals surface area contributed by atoms with E-state index in [1.54, 1.807) is 0 Å². The Morgan fingerprint density at radius 1 is 1.19 bits per heavy atom. The number of hydrogen-bond donors (Lipinski definition) is 2. The molecule has 4 atom stereocenters. The van der Waals surface area contributed by atoms with Crippen LogP contribution < -0.4 is 11.1 Å². The summed E-state index contributed by atoms with van der Waals surface area (Å²) in [4.78, 5) is 15.0. The molecule has 1 aliphatic carbocycles. The molecule has 1 saturated carbocycles. The maximum atomic E-state index is 12.5. The summed E-state index contributed by atoms with van der Waals surface area (Å²) in [6.07, 6.45) is 4.41. The van der Waals surface area contributed by atoms with Crippen molar-refractivity contribution in [1.29, 1.82) is 0 Å². The Hall–Kier alpha value is -1.43. The molecule has 1 aromatic rings. The van der Waals surface area contributed by atoms with Crippen LogP contribution in [0.2, 0.25) is 0 Å². The molecule has 1 aliphatic heterocycles. The smallest absolute Gasteiger partial charge is 0.223 e. The van der Waals surface area contributed by atoms with Gasteiger partial charge in [0.05, 0.1) is 12.2 Å². The minimum absolute atomic E-state index is 0.0758. The largest absolute Gasteiger partial charge is 0.373 e. The van der Waals surface area contributed by atoms with Crippen molar-refractivity contribution < 1.29 is 9.53 Å². The first kappa shape index (κ1) is 19.3. The number of amides is 1. The molecule has 0 bridgehead atoms. The molecule has 5 heteroatoms. The number of benzene rings is 1. The van der Waals surface area contributed by atoms with Crippen LogP contribution >= 0.6 is 0 Å². The Morgan fingerprint density at radius 3 is 2.58 bits per heavy atom. The third-order valence-electron chi connectivity index (χ3n) is 5.55. The third-order valence-corrected chi connectivity index (χ3v) is 5.55. The lowest BCUT2D eigenvalue weighted by Crippen LogP contribution is -2.45. The maximum Gasteiger partial charge on any atom is 0.223 e. The Labute approximate surface area is 157 Å². The molecule has 3 N–H and O–H groups in total. The van der Waals surface area contributed by atoms with Crippen molar-refractivity contribution in [3.05, 3.63) is 35.4 Å². The zero-order valence-electron chi connectivity index (χ0n) is 16.1. The fraction of sp³-hybridized carbons (Fsp3) is 0.667. The number of nitrogens with two attached hydrogens (primary N) is 1. The van der Waals surface area contributed by atoms with Gasteiger partial charge in [-0.3, -0.25) is 9.69 Å². The zero-order valence-corrected chi connectivity index (χ0v) is 16.1. The van der Waals surface area contributed by atoms with E-state index in [1.165, 1.54) is 11.1 Å². The number of morpholine rings is 1. The van der Waals surface area contributed by atoms with Gasteiger partial charge in [0.15, 0.2) is 0 Å². The quantitative estimate of drug-likeness (QED) is 0.847. The van der Waals surface area contributed by atoms with E-state index in [9.17, 15) is 4.79 Å². The first-order valence-corrected chi connectivity index (χ1v) is 9.99. The average molecular weight is 360 g/mol. The zero-order chi connectivity index (χ0) is 18.5. The monoisotopic (exact) mass is 359 g/mol. The summed E-state index contributed by atoms with van der Waals surface area (Å²) in [5, 5.41) is 3.15. The number of nitrogens with one attached hydrogen (secondary N) is 1. The molecular weight excluding hydrogens is 326 g/mol. The van der Waals surface area contributed by atoms with E-state index in [4.69, 9.17) is 10.5 Å². The van der Waals surface area contributed by atoms with E-state index < -0.39 is 0 Å². The van der Waals surface area contributed by atoms with Gasteiger partial charge in [0, 0.05) is 38.1 Å². The first-order chi connectivity index (χ1) is 12.5. The third kappa shape index (κ3) is 5.29. The summed E-state index contributed by atoms with van der Waals surface area (Å²) in [5.74, 6) is 0.232. The van der Waals surface area contributed by atoms with Gasteiger partial charge >= 0.3 is 0 Å². The van der Waals surface area contributed by atoms with Crippen molar-refractivity contribution in [1.82, 2.24) is 10.2 Å². The van der Waals surface area contributed by atoms with Crippen LogP contribution in [0.1, 0.15) is 50.7 Å². The molecule has 1 heterocycles. The average Bonchev–Trinajstić information content (AvgIpc) is 2.60. The normalized spacial score (nSPS) is 30.1. The molecule has 1 amide bonds. The van der Waals surface area contributed by atoms with Gasteiger partial charge in [-0.1, -0.05) is 30.7 Å². The summed E-state index contributed by atoms with van der Waals surface area (Å²) in [5.41, 5.74) is 8.51. The Balaban J connectivity index is 1.57. The first-order valence-electron chi connectivity index (χ1n) is 9.99. The van der Waals surface area contributed by atoms with Crippen LogP contribution in [0.15, 0.2) is 24.3 Å². The molecule has 3 rings (SSSR count). The van der Waals surface area contributed by atoms with Crippen molar-refractivity contribution in [2.75, 3.05) is 13.1 Å². The minimum atomic E-state index is 0.0758. The predicted molar refractivity (Wildman–Crippen MR) is 104 cm³/mol. The summed E-state index contributed by atoms with van der Waals surface area (Å²) < 4.78 is 5.83. The van der Waals surface area contributed by atoms with Gasteiger partial charge in [-0.25, -0.2) is 0 Å². The van der Waals surface area contributed by atoms with Crippen LogP contribution in [0.25, 0.3) is 0 Å². The van der Waals surface area contributed by atoms with Crippen LogP contribution in [-0.4, -0.2) is 42.1 Å². The van der Waals surface area contributed by atoms with E-state index in [-0.39, 0.29) is 30.1 Å². The molecule has 1 saturated heterocycles. The lowest BCUT2D eigenvalue weighted by atomic mass is 9.85. The lowest BCUT2D eigenvalue weighted by molar-refractivity contribution is -0.126. The SMILES string of the molecule is C[C@@H]1CN(Cc2ccccc2CNC(=O)[C@@H]2CCC[C@@H](N)C2)C[C@@H](C)O1. The molecule has 2 fully saturated rings. The molecule has 0 aromatic heterocycles. The number of hydrogen-bond acceptors (Lipinski definition) is 4. The molecule has 5 nitrogen and oxygen atoms in total. The van der Waals surface area contributed by atoms with Gasteiger partial charge in [-0.2, -0.15) is 0 Å². The number of carbonyl (C=O) groups is 1. The van der Waals surface area contributed by atoms with Crippen molar-refractivity contribution in [3.63, 3.8) is 0 Å². The fourth-order valence-corrected chi connectivity index (χ4v) is 4.33. The number of rotatable bonds is 5. The highest BCUT2D eigenvalue weighted by atomic mass is 16.5. The van der Waals surface area contributed by atoms with Crippen molar-refractivity contribution in [2.24, 2.45) is 11.7 Å². The summed E-state index contributed by atoms with van der Waals surface area (Å²) in [6.45, 7) is 7.65. The van der Waals surface area contributed by atoms with E-state index >= 15 is 0 Å². The van der Waals surface area contributed by atoms with Crippen LogP contribution in [0.5, 0.6) is 0 Å². The van der Waals surface area contributed by atoms with E-state index in [0.29, 0.717) is 6.54 Å². The van der Waals surface area contributed by atoms with Gasteiger partial charge in [0.2, 0.25) is 5.91 Å². The van der Waals surface area contributed by atoms with Crippen LogP contribution in [0, 0.1) is 5.92 Å². The van der Waals surface area contributed by atoms with Crippen LogP contribution in [0.4, 0.5) is 0 Å². The van der Waals surface area contributed by atoms with Gasteiger partial charge in [0.1, 0.15) is 0 Å². The standard InChI is InChI=1S/C21H33N3O2/c1-15-12-24(13-16(2)26-15)14-19-7-4-3-6-18(19)11-23-21(25)17-8-5-9-20(22)10-17/h3-4,6-7,15-17,20H,5,8-14,22H2,1-2H3,(H,23,25)/t15-,16-,17-,20-/m1/s1. The van der Waals surface area contributed by atoms with Gasteiger partial charge < -0.3 is 15.8 Å². The van der Waals surface area contributed by atoms with E-state index in [0.717, 1.165) is 45.3 Å².